The van der Waals surface area contributed by atoms with Gasteiger partial charge in [-0.05, 0) is 23.8 Å². The van der Waals surface area contributed by atoms with Crippen molar-refractivity contribution in [1.29, 1.82) is 0 Å². The number of fused-ring (bicyclic) bond motifs is 1. The van der Waals surface area contributed by atoms with Crippen LogP contribution in [0.4, 0.5) is 4.39 Å². The Balaban J connectivity index is 0.00000161. The SMILES string of the molecule is C.C=C1C(=O)NC(=O)c2cc(-c3ccc(F)c(Cl)c3)sc21. The normalized spacial score (nSPS) is 13.5. The van der Waals surface area contributed by atoms with Gasteiger partial charge in [0.25, 0.3) is 11.8 Å². The molecule has 3 nitrogen and oxygen atoms in total. The number of thiophene rings is 1. The van der Waals surface area contributed by atoms with E-state index in [1.807, 2.05) is 0 Å². The van der Waals surface area contributed by atoms with Gasteiger partial charge in [0, 0.05) is 4.88 Å². The lowest BCUT2D eigenvalue weighted by molar-refractivity contribution is -0.114. The van der Waals surface area contributed by atoms with Crippen molar-refractivity contribution in [2.45, 2.75) is 7.43 Å². The van der Waals surface area contributed by atoms with Crippen LogP contribution in [0, 0.1) is 5.82 Å². The van der Waals surface area contributed by atoms with Crippen molar-refractivity contribution in [3.8, 4) is 10.4 Å². The van der Waals surface area contributed by atoms with E-state index >= 15 is 0 Å². The zero-order valence-electron chi connectivity index (χ0n) is 10.00. The molecule has 2 amide bonds. The van der Waals surface area contributed by atoms with Gasteiger partial charge in [-0.3, -0.25) is 14.9 Å². The maximum atomic E-state index is 13.2. The topological polar surface area (TPSA) is 46.2 Å². The van der Waals surface area contributed by atoms with Gasteiger partial charge in [-0.25, -0.2) is 4.39 Å². The van der Waals surface area contributed by atoms with E-state index in [1.54, 1.807) is 12.1 Å². The third-order valence-corrected chi connectivity index (χ3v) is 4.49. The Morgan fingerprint density at radius 3 is 2.57 bits per heavy atom. The van der Waals surface area contributed by atoms with Crippen molar-refractivity contribution in [2.24, 2.45) is 0 Å². The molecule has 21 heavy (non-hydrogen) atoms. The first-order chi connectivity index (χ1) is 9.47. The summed E-state index contributed by atoms with van der Waals surface area (Å²) >= 11 is 7.01. The first kappa shape index (κ1) is 15.4. The third kappa shape index (κ3) is 2.50. The highest BCUT2D eigenvalue weighted by molar-refractivity contribution is 7.17. The second-order valence-corrected chi connectivity index (χ2v) is 5.70. The number of halogens is 2. The number of amides is 2. The van der Waals surface area contributed by atoms with Crippen LogP contribution in [-0.2, 0) is 4.79 Å². The standard InChI is InChI=1S/C14H7ClFNO2S.CH4/c1-6-12-8(14(19)17-13(6)18)5-11(20-12)7-2-3-10(16)9(15)4-7;/h2-5H,1H2,(H,17,18,19);1H4. The van der Waals surface area contributed by atoms with E-state index in [1.165, 1.54) is 23.5 Å². The van der Waals surface area contributed by atoms with Crippen LogP contribution >= 0.6 is 22.9 Å². The molecule has 108 valence electrons. The average Bonchev–Trinajstić information content (AvgIpc) is 2.85. The van der Waals surface area contributed by atoms with Crippen molar-refractivity contribution in [3.63, 3.8) is 0 Å². The summed E-state index contributed by atoms with van der Waals surface area (Å²) in [7, 11) is 0. The van der Waals surface area contributed by atoms with Crippen LogP contribution in [0.15, 0.2) is 30.8 Å². The van der Waals surface area contributed by atoms with Gasteiger partial charge >= 0.3 is 0 Å². The summed E-state index contributed by atoms with van der Waals surface area (Å²) in [5.41, 5.74) is 1.34. The quantitative estimate of drug-likeness (QED) is 0.633. The van der Waals surface area contributed by atoms with E-state index in [2.05, 4.69) is 11.9 Å². The van der Waals surface area contributed by atoms with Gasteiger partial charge in [0.15, 0.2) is 0 Å². The lowest BCUT2D eigenvalue weighted by atomic mass is 10.1. The van der Waals surface area contributed by atoms with E-state index in [0.717, 1.165) is 4.88 Å². The minimum atomic E-state index is -0.505. The molecule has 0 radical (unpaired) electrons. The second-order valence-electron chi connectivity index (χ2n) is 4.24. The molecule has 2 aromatic rings. The van der Waals surface area contributed by atoms with Crippen molar-refractivity contribution in [1.82, 2.24) is 5.32 Å². The molecule has 1 N–H and O–H groups in total. The highest BCUT2D eigenvalue weighted by Gasteiger charge is 2.28. The molecule has 0 saturated heterocycles. The minimum Gasteiger partial charge on any atom is -0.288 e. The summed E-state index contributed by atoms with van der Waals surface area (Å²) in [5.74, 6) is -1.45. The number of rotatable bonds is 1. The zero-order chi connectivity index (χ0) is 14.4. The van der Waals surface area contributed by atoms with Gasteiger partial charge in [0.05, 0.1) is 21.0 Å². The number of hydrogen-bond acceptors (Lipinski definition) is 3. The summed E-state index contributed by atoms with van der Waals surface area (Å²) in [4.78, 5) is 24.5. The Morgan fingerprint density at radius 2 is 1.90 bits per heavy atom. The molecule has 0 unspecified atom stereocenters. The summed E-state index contributed by atoms with van der Waals surface area (Å²) in [6.07, 6.45) is 0. The molecule has 1 aromatic heterocycles. The van der Waals surface area contributed by atoms with E-state index in [-0.39, 0.29) is 18.0 Å². The molecular weight excluding hydrogens is 313 g/mol. The Labute approximate surface area is 130 Å². The maximum absolute atomic E-state index is 13.2. The predicted molar refractivity (Wildman–Crippen MR) is 83.0 cm³/mol. The van der Waals surface area contributed by atoms with Crippen molar-refractivity contribution >= 4 is 40.3 Å². The number of nitrogens with one attached hydrogen (secondary N) is 1. The molecule has 0 fully saturated rings. The van der Waals surface area contributed by atoms with Crippen molar-refractivity contribution < 1.29 is 14.0 Å². The third-order valence-electron chi connectivity index (χ3n) is 2.96. The predicted octanol–water partition coefficient (Wildman–Crippen LogP) is 4.13. The Morgan fingerprint density at radius 1 is 1.19 bits per heavy atom. The van der Waals surface area contributed by atoms with Gasteiger partial charge in [-0.1, -0.05) is 31.7 Å². The smallest absolute Gasteiger partial charge is 0.259 e. The summed E-state index contributed by atoms with van der Waals surface area (Å²) < 4.78 is 13.2. The fourth-order valence-corrected chi connectivity index (χ4v) is 3.22. The molecule has 1 aliphatic heterocycles. The molecule has 0 atom stereocenters. The summed E-state index contributed by atoms with van der Waals surface area (Å²) in [5, 5.41) is 2.22. The van der Waals surface area contributed by atoms with Gasteiger partial charge in [-0.2, -0.15) is 0 Å². The molecule has 0 spiro atoms. The summed E-state index contributed by atoms with van der Waals surface area (Å²) in [6.45, 7) is 3.67. The molecular formula is C15H11ClFNO2S. The van der Waals surface area contributed by atoms with Crippen molar-refractivity contribution in [2.75, 3.05) is 0 Å². The Hall–Kier alpha value is -1.98. The second kappa shape index (κ2) is 5.42. The molecule has 0 saturated carbocycles. The Bertz CT molecular complexity index is 782. The first-order valence-corrected chi connectivity index (χ1v) is 6.81. The molecule has 1 aromatic carbocycles. The fraction of sp³-hybridized carbons (Fsp3) is 0.0667. The number of imide groups is 1. The molecule has 3 rings (SSSR count). The van der Waals surface area contributed by atoms with Gasteiger partial charge in [0.1, 0.15) is 5.82 Å². The van der Waals surface area contributed by atoms with Gasteiger partial charge in [-0.15, -0.1) is 11.3 Å². The lowest BCUT2D eigenvalue weighted by Crippen LogP contribution is -2.35. The Kier molecular flexibility index (Phi) is 3.98. The molecule has 2 heterocycles. The maximum Gasteiger partial charge on any atom is 0.259 e. The summed E-state index contributed by atoms with van der Waals surface area (Å²) in [6, 6.07) is 5.96. The number of carbonyl (C=O) groups excluding carboxylic acids is 2. The van der Waals surface area contributed by atoms with Gasteiger partial charge in [0.2, 0.25) is 0 Å². The molecule has 1 aliphatic rings. The molecule has 0 aliphatic carbocycles. The minimum absolute atomic E-state index is 0. The lowest BCUT2D eigenvalue weighted by Gasteiger charge is -2.12. The first-order valence-electron chi connectivity index (χ1n) is 5.61. The van der Waals surface area contributed by atoms with Gasteiger partial charge < -0.3 is 0 Å². The molecule has 0 bridgehead atoms. The highest BCUT2D eigenvalue weighted by Crippen LogP contribution is 2.37. The zero-order valence-corrected chi connectivity index (χ0v) is 11.6. The van der Waals surface area contributed by atoms with Crippen LogP contribution in [0.2, 0.25) is 5.02 Å². The molecule has 6 heteroatoms. The van der Waals surface area contributed by atoms with Crippen LogP contribution in [0.1, 0.15) is 22.7 Å². The number of hydrogen-bond donors (Lipinski definition) is 1. The highest BCUT2D eigenvalue weighted by atomic mass is 35.5. The fourth-order valence-electron chi connectivity index (χ4n) is 1.92. The van der Waals surface area contributed by atoms with Crippen LogP contribution in [0.3, 0.4) is 0 Å². The van der Waals surface area contributed by atoms with Crippen molar-refractivity contribution in [3.05, 3.63) is 52.1 Å². The largest absolute Gasteiger partial charge is 0.288 e. The average molecular weight is 324 g/mol. The van der Waals surface area contributed by atoms with Crippen LogP contribution in [0.25, 0.3) is 16.0 Å². The number of benzene rings is 1. The van der Waals surface area contributed by atoms with E-state index in [9.17, 15) is 14.0 Å². The van der Waals surface area contributed by atoms with Crippen LogP contribution < -0.4 is 5.32 Å². The van der Waals surface area contributed by atoms with E-state index in [0.29, 0.717) is 16.0 Å². The monoisotopic (exact) mass is 323 g/mol. The van der Waals surface area contributed by atoms with Crippen LogP contribution in [0.5, 0.6) is 0 Å². The van der Waals surface area contributed by atoms with E-state index in [4.69, 9.17) is 11.6 Å². The number of carbonyl (C=O) groups is 2. The van der Waals surface area contributed by atoms with Crippen LogP contribution in [-0.4, -0.2) is 11.8 Å². The van der Waals surface area contributed by atoms with E-state index < -0.39 is 17.6 Å².